The van der Waals surface area contributed by atoms with Crippen LogP contribution in [-0.2, 0) is 26.1 Å². The van der Waals surface area contributed by atoms with Crippen LogP contribution in [0.1, 0.15) is 12.5 Å². The molecule has 7 heteroatoms. The summed E-state index contributed by atoms with van der Waals surface area (Å²) in [6.07, 6.45) is 0. The van der Waals surface area contributed by atoms with Crippen LogP contribution in [0.15, 0.2) is 64.0 Å². The molecule has 0 atom stereocenters. The van der Waals surface area contributed by atoms with Gasteiger partial charge in [-0.15, -0.1) is 0 Å². The molecular formula is C17H18BrNO4S. The predicted octanol–water partition coefficient (Wildman–Crippen LogP) is 3.20. The van der Waals surface area contributed by atoms with Gasteiger partial charge in [-0.25, -0.2) is 8.42 Å². The lowest BCUT2D eigenvalue weighted by Gasteiger charge is -2.21. The van der Waals surface area contributed by atoms with Crippen molar-refractivity contribution in [3.8, 4) is 0 Å². The number of rotatable bonds is 7. The molecule has 0 N–H and O–H groups in total. The van der Waals surface area contributed by atoms with Crippen LogP contribution in [0, 0.1) is 0 Å². The van der Waals surface area contributed by atoms with Gasteiger partial charge >= 0.3 is 5.97 Å². The van der Waals surface area contributed by atoms with Crippen LogP contribution in [0.5, 0.6) is 0 Å². The minimum Gasteiger partial charge on any atom is -0.465 e. The molecule has 5 nitrogen and oxygen atoms in total. The molecule has 0 radical (unpaired) electrons. The third-order valence-corrected chi connectivity index (χ3v) is 5.60. The van der Waals surface area contributed by atoms with E-state index in [0.717, 1.165) is 14.3 Å². The molecule has 0 fully saturated rings. The summed E-state index contributed by atoms with van der Waals surface area (Å²) in [6, 6.07) is 15.4. The molecule has 2 aromatic rings. The highest BCUT2D eigenvalue weighted by molar-refractivity contribution is 9.10. The van der Waals surface area contributed by atoms with Crippen molar-refractivity contribution < 1.29 is 17.9 Å². The average molecular weight is 412 g/mol. The molecule has 24 heavy (non-hydrogen) atoms. The molecule has 0 aliphatic heterocycles. The van der Waals surface area contributed by atoms with Crippen molar-refractivity contribution in [3.05, 3.63) is 64.6 Å². The van der Waals surface area contributed by atoms with Crippen molar-refractivity contribution in [2.75, 3.05) is 13.2 Å². The predicted molar refractivity (Wildman–Crippen MR) is 94.8 cm³/mol. The van der Waals surface area contributed by atoms with Crippen LogP contribution in [0.3, 0.4) is 0 Å². The van der Waals surface area contributed by atoms with Crippen molar-refractivity contribution in [2.24, 2.45) is 0 Å². The number of ether oxygens (including phenoxy) is 1. The monoisotopic (exact) mass is 411 g/mol. The molecule has 0 aromatic heterocycles. The number of carbonyl (C=O) groups is 1. The van der Waals surface area contributed by atoms with Crippen LogP contribution in [-0.4, -0.2) is 31.8 Å². The lowest BCUT2D eigenvalue weighted by molar-refractivity contribution is -0.143. The van der Waals surface area contributed by atoms with Crippen molar-refractivity contribution in [2.45, 2.75) is 18.4 Å². The molecule has 0 amide bonds. The standard InChI is InChI=1S/C17H18BrNO4S/c1-2-23-17(20)13-19(12-14-6-4-3-5-7-14)24(21,22)16-10-8-15(18)9-11-16/h3-11H,2,12-13H2,1H3. The van der Waals surface area contributed by atoms with Gasteiger partial charge in [-0.2, -0.15) is 4.31 Å². The molecule has 2 rings (SSSR count). The van der Waals surface area contributed by atoms with Gasteiger partial charge in [0.25, 0.3) is 0 Å². The van der Waals surface area contributed by atoms with E-state index in [-0.39, 0.29) is 24.6 Å². The topological polar surface area (TPSA) is 63.7 Å². The first-order valence-corrected chi connectivity index (χ1v) is 9.62. The van der Waals surface area contributed by atoms with Gasteiger partial charge < -0.3 is 4.74 Å². The summed E-state index contributed by atoms with van der Waals surface area (Å²) < 4.78 is 32.6. The minimum atomic E-state index is -3.82. The third kappa shape index (κ3) is 4.90. The molecule has 0 spiro atoms. The zero-order valence-corrected chi connectivity index (χ0v) is 15.6. The minimum absolute atomic E-state index is 0.0953. The first-order chi connectivity index (χ1) is 11.4. The summed E-state index contributed by atoms with van der Waals surface area (Å²) in [6.45, 7) is 1.65. The molecule has 0 bridgehead atoms. The van der Waals surface area contributed by atoms with Gasteiger partial charge in [0, 0.05) is 11.0 Å². The Morgan fingerprint density at radius 2 is 1.71 bits per heavy atom. The van der Waals surface area contributed by atoms with Gasteiger partial charge in [0.05, 0.1) is 11.5 Å². The summed E-state index contributed by atoms with van der Waals surface area (Å²) in [5, 5.41) is 0. The quantitative estimate of drug-likeness (QED) is 0.656. The fraction of sp³-hybridized carbons (Fsp3) is 0.235. The van der Waals surface area contributed by atoms with Crippen LogP contribution in [0.4, 0.5) is 0 Å². The van der Waals surface area contributed by atoms with Crippen molar-refractivity contribution in [1.82, 2.24) is 4.31 Å². The van der Waals surface area contributed by atoms with Crippen molar-refractivity contribution >= 4 is 31.9 Å². The van der Waals surface area contributed by atoms with E-state index < -0.39 is 16.0 Å². The van der Waals surface area contributed by atoms with E-state index in [9.17, 15) is 13.2 Å². The Bertz CT molecular complexity index is 776. The van der Waals surface area contributed by atoms with E-state index in [4.69, 9.17) is 4.74 Å². The van der Waals surface area contributed by atoms with Gasteiger partial charge in [-0.05, 0) is 36.8 Å². The van der Waals surface area contributed by atoms with E-state index in [1.807, 2.05) is 30.3 Å². The summed E-state index contributed by atoms with van der Waals surface area (Å²) in [5.74, 6) is -0.575. The van der Waals surface area contributed by atoms with Gasteiger partial charge in [0.15, 0.2) is 0 Å². The Hall–Kier alpha value is -1.70. The number of benzene rings is 2. The highest BCUT2D eigenvalue weighted by atomic mass is 79.9. The van der Waals surface area contributed by atoms with E-state index in [1.54, 1.807) is 19.1 Å². The average Bonchev–Trinajstić information content (AvgIpc) is 2.56. The van der Waals surface area contributed by atoms with E-state index in [2.05, 4.69) is 15.9 Å². The second-order valence-electron chi connectivity index (χ2n) is 5.02. The second kappa shape index (κ2) is 8.41. The number of nitrogens with zero attached hydrogens (tertiary/aromatic N) is 1. The molecule has 0 unspecified atom stereocenters. The first kappa shape index (κ1) is 18.6. The van der Waals surface area contributed by atoms with Crippen molar-refractivity contribution in [1.29, 1.82) is 0 Å². The van der Waals surface area contributed by atoms with Gasteiger partial charge in [0.1, 0.15) is 6.54 Å². The lowest BCUT2D eigenvalue weighted by atomic mass is 10.2. The lowest BCUT2D eigenvalue weighted by Crippen LogP contribution is -2.36. The van der Waals surface area contributed by atoms with Crippen LogP contribution < -0.4 is 0 Å². The first-order valence-electron chi connectivity index (χ1n) is 7.38. The van der Waals surface area contributed by atoms with Crippen LogP contribution in [0.2, 0.25) is 0 Å². The summed E-state index contributed by atoms with van der Waals surface area (Å²) in [4.78, 5) is 12.0. The molecule has 128 valence electrons. The largest absolute Gasteiger partial charge is 0.465 e. The summed E-state index contributed by atoms with van der Waals surface area (Å²) in [5.41, 5.74) is 0.794. The Morgan fingerprint density at radius 3 is 2.29 bits per heavy atom. The molecule has 0 aliphatic rings. The maximum atomic E-state index is 12.9. The molecule has 2 aromatic carbocycles. The highest BCUT2D eigenvalue weighted by Gasteiger charge is 2.27. The van der Waals surface area contributed by atoms with Gasteiger partial charge in [0.2, 0.25) is 10.0 Å². The Kier molecular flexibility index (Phi) is 6.53. The van der Waals surface area contributed by atoms with Crippen LogP contribution in [0.25, 0.3) is 0 Å². The Balaban J connectivity index is 2.32. The number of halogens is 1. The maximum Gasteiger partial charge on any atom is 0.321 e. The number of sulfonamides is 1. The summed E-state index contributed by atoms with van der Waals surface area (Å²) >= 11 is 3.28. The second-order valence-corrected chi connectivity index (χ2v) is 7.87. The zero-order valence-electron chi connectivity index (χ0n) is 13.2. The van der Waals surface area contributed by atoms with E-state index >= 15 is 0 Å². The normalized spacial score (nSPS) is 11.5. The number of hydrogen-bond donors (Lipinski definition) is 0. The highest BCUT2D eigenvalue weighted by Crippen LogP contribution is 2.20. The number of esters is 1. The maximum absolute atomic E-state index is 12.9. The zero-order chi connectivity index (χ0) is 17.6. The fourth-order valence-electron chi connectivity index (χ4n) is 2.12. The Morgan fingerprint density at radius 1 is 1.08 bits per heavy atom. The SMILES string of the molecule is CCOC(=O)CN(Cc1ccccc1)S(=O)(=O)c1ccc(Br)cc1. The van der Waals surface area contributed by atoms with Crippen LogP contribution >= 0.6 is 15.9 Å². The molecular weight excluding hydrogens is 394 g/mol. The molecule has 0 aliphatic carbocycles. The fourth-order valence-corrected chi connectivity index (χ4v) is 3.76. The van der Waals surface area contributed by atoms with Crippen molar-refractivity contribution in [3.63, 3.8) is 0 Å². The van der Waals surface area contributed by atoms with E-state index in [1.165, 1.54) is 12.1 Å². The van der Waals surface area contributed by atoms with E-state index in [0.29, 0.717) is 0 Å². The molecule has 0 heterocycles. The smallest absolute Gasteiger partial charge is 0.321 e. The summed E-state index contributed by atoms with van der Waals surface area (Å²) in [7, 11) is -3.82. The number of carbonyl (C=O) groups excluding carboxylic acids is 1. The third-order valence-electron chi connectivity index (χ3n) is 3.26. The molecule has 0 saturated heterocycles. The van der Waals surface area contributed by atoms with Gasteiger partial charge in [-0.3, -0.25) is 4.79 Å². The Labute approximate surface area is 150 Å². The number of hydrogen-bond acceptors (Lipinski definition) is 4. The molecule has 0 saturated carbocycles. The van der Waals surface area contributed by atoms with Gasteiger partial charge in [-0.1, -0.05) is 46.3 Å².